The van der Waals surface area contributed by atoms with E-state index < -0.39 is 0 Å². The first kappa shape index (κ1) is 15.4. The van der Waals surface area contributed by atoms with Gasteiger partial charge in [0.1, 0.15) is 17.6 Å². The summed E-state index contributed by atoms with van der Waals surface area (Å²) < 4.78 is 11.2. The highest BCUT2D eigenvalue weighted by Crippen LogP contribution is 2.24. The van der Waals surface area contributed by atoms with Crippen molar-refractivity contribution in [1.82, 2.24) is 0 Å². The van der Waals surface area contributed by atoms with Crippen LogP contribution in [-0.4, -0.2) is 25.4 Å². The van der Waals surface area contributed by atoms with Crippen LogP contribution in [0.3, 0.4) is 0 Å². The molecule has 0 fully saturated rings. The Labute approximate surface area is 125 Å². The lowest BCUT2D eigenvalue weighted by Crippen LogP contribution is -2.18. The monoisotopic (exact) mass is 287 g/mol. The Balaban J connectivity index is 2.10. The molecule has 3 N–H and O–H groups in total. The summed E-state index contributed by atoms with van der Waals surface area (Å²) in [7, 11) is 1.64. The van der Waals surface area contributed by atoms with Crippen molar-refractivity contribution in [1.29, 1.82) is 0 Å². The smallest absolute Gasteiger partial charge is 0.136 e. The predicted octanol–water partition coefficient (Wildman–Crippen LogP) is 2.31. The van der Waals surface area contributed by atoms with Crippen molar-refractivity contribution in [3.05, 3.63) is 59.7 Å². The highest BCUT2D eigenvalue weighted by molar-refractivity contribution is 5.32. The van der Waals surface area contributed by atoms with Crippen LogP contribution in [0.15, 0.2) is 48.5 Å². The Morgan fingerprint density at radius 3 is 2.48 bits per heavy atom. The fraction of sp³-hybridized carbons (Fsp3) is 0.294. The lowest BCUT2D eigenvalue weighted by Gasteiger charge is -2.18. The molecule has 1 atom stereocenters. The minimum absolute atomic E-state index is 0.148. The van der Waals surface area contributed by atoms with Gasteiger partial charge in [0.25, 0.3) is 0 Å². The number of benzene rings is 2. The van der Waals surface area contributed by atoms with Gasteiger partial charge in [-0.3, -0.25) is 0 Å². The number of nitrogens with two attached hydrogens (primary N) is 1. The molecule has 1 unspecified atom stereocenters. The summed E-state index contributed by atoms with van der Waals surface area (Å²) >= 11 is 0. The van der Waals surface area contributed by atoms with E-state index in [1.807, 2.05) is 48.5 Å². The largest absolute Gasteiger partial charge is 0.497 e. The molecule has 0 aromatic heterocycles. The molecule has 0 aliphatic heterocycles. The second-order valence-electron chi connectivity index (χ2n) is 4.74. The zero-order chi connectivity index (χ0) is 15.1. The fourth-order valence-electron chi connectivity index (χ4n) is 2.12. The molecule has 0 aliphatic carbocycles. The molecule has 4 heteroatoms. The quantitative estimate of drug-likeness (QED) is 0.820. The Hall–Kier alpha value is -2.04. The van der Waals surface area contributed by atoms with Gasteiger partial charge in [-0.15, -0.1) is 0 Å². The summed E-state index contributed by atoms with van der Waals surface area (Å²) in [4.78, 5) is 0. The van der Waals surface area contributed by atoms with Gasteiger partial charge in [-0.1, -0.05) is 24.3 Å². The minimum Gasteiger partial charge on any atom is -0.497 e. The first-order chi connectivity index (χ1) is 10.3. The maximum absolute atomic E-state index is 8.91. The zero-order valence-electron chi connectivity index (χ0n) is 12.2. The number of hydrogen-bond acceptors (Lipinski definition) is 4. The topological polar surface area (TPSA) is 64.7 Å². The van der Waals surface area contributed by atoms with E-state index in [2.05, 4.69) is 0 Å². The number of methoxy groups -OCH3 is 1. The standard InChI is InChI=1S/C17H21NO3/c1-20-16-4-2-3-14(11-16)17(12-18)21-15-7-5-13(6-8-15)9-10-19/h2-8,11,17,19H,9-10,12,18H2,1H3. The molecule has 0 saturated carbocycles. The van der Waals surface area contributed by atoms with Crippen molar-refractivity contribution < 1.29 is 14.6 Å². The van der Waals surface area contributed by atoms with Crippen molar-refractivity contribution in [2.24, 2.45) is 5.73 Å². The van der Waals surface area contributed by atoms with Crippen molar-refractivity contribution in [2.45, 2.75) is 12.5 Å². The van der Waals surface area contributed by atoms with E-state index in [9.17, 15) is 0 Å². The highest BCUT2D eigenvalue weighted by Gasteiger charge is 2.12. The maximum Gasteiger partial charge on any atom is 0.136 e. The van der Waals surface area contributed by atoms with E-state index >= 15 is 0 Å². The molecule has 21 heavy (non-hydrogen) atoms. The molecule has 0 aliphatic rings. The van der Waals surface area contributed by atoms with E-state index in [-0.39, 0.29) is 12.7 Å². The minimum atomic E-state index is -0.219. The van der Waals surface area contributed by atoms with E-state index in [0.29, 0.717) is 13.0 Å². The third-order valence-electron chi connectivity index (χ3n) is 3.28. The Morgan fingerprint density at radius 1 is 1.10 bits per heavy atom. The fourth-order valence-corrected chi connectivity index (χ4v) is 2.12. The molecule has 2 rings (SSSR count). The number of ether oxygens (including phenoxy) is 2. The maximum atomic E-state index is 8.91. The molecule has 112 valence electrons. The first-order valence-corrected chi connectivity index (χ1v) is 6.97. The van der Waals surface area contributed by atoms with Gasteiger partial charge in [0, 0.05) is 13.2 Å². The molecule has 4 nitrogen and oxygen atoms in total. The lowest BCUT2D eigenvalue weighted by atomic mass is 10.1. The van der Waals surface area contributed by atoms with Crippen LogP contribution in [0.25, 0.3) is 0 Å². The number of aliphatic hydroxyl groups excluding tert-OH is 1. The Morgan fingerprint density at radius 2 is 1.86 bits per heavy atom. The predicted molar refractivity (Wildman–Crippen MR) is 82.6 cm³/mol. The van der Waals surface area contributed by atoms with Crippen molar-refractivity contribution in [3.8, 4) is 11.5 Å². The van der Waals surface area contributed by atoms with Gasteiger partial charge in [-0.05, 0) is 41.8 Å². The Kier molecular flexibility index (Phi) is 5.60. The summed E-state index contributed by atoms with van der Waals surface area (Å²) in [5.41, 5.74) is 7.88. The lowest BCUT2D eigenvalue weighted by molar-refractivity contribution is 0.213. The summed E-state index contributed by atoms with van der Waals surface area (Å²) in [6.07, 6.45) is 0.431. The molecule has 2 aromatic carbocycles. The SMILES string of the molecule is COc1cccc(C(CN)Oc2ccc(CCO)cc2)c1. The van der Waals surface area contributed by atoms with Gasteiger partial charge in [0.05, 0.1) is 7.11 Å². The molecule has 0 heterocycles. The molecule has 0 amide bonds. The number of hydrogen-bond donors (Lipinski definition) is 2. The molecule has 0 saturated heterocycles. The average molecular weight is 287 g/mol. The van der Waals surface area contributed by atoms with Gasteiger partial charge < -0.3 is 20.3 Å². The third kappa shape index (κ3) is 4.21. The van der Waals surface area contributed by atoms with Gasteiger partial charge in [-0.2, -0.15) is 0 Å². The summed E-state index contributed by atoms with van der Waals surface area (Å²) in [5, 5.41) is 8.91. The molecule has 0 radical (unpaired) electrons. The number of rotatable bonds is 7. The molecule has 0 bridgehead atoms. The average Bonchev–Trinajstić information content (AvgIpc) is 2.54. The van der Waals surface area contributed by atoms with Crippen LogP contribution in [0.5, 0.6) is 11.5 Å². The molecule has 2 aromatic rings. The van der Waals surface area contributed by atoms with Crippen LogP contribution in [0.4, 0.5) is 0 Å². The van der Waals surface area contributed by atoms with Gasteiger partial charge in [0.15, 0.2) is 0 Å². The van der Waals surface area contributed by atoms with Gasteiger partial charge >= 0.3 is 0 Å². The van der Waals surface area contributed by atoms with Crippen LogP contribution in [0, 0.1) is 0 Å². The van der Waals surface area contributed by atoms with Crippen LogP contribution in [0.1, 0.15) is 17.2 Å². The second kappa shape index (κ2) is 7.67. The molecular weight excluding hydrogens is 266 g/mol. The summed E-state index contributed by atoms with van der Waals surface area (Å²) in [6.45, 7) is 0.529. The van der Waals surface area contributed by atoms with Crippen LogP contribution in [-0.2, 0) is 6.42 Å². The van der Waals surface area contributed by atoms with E-state index in [1.165, 1.54) is 0 Å². The van der Waals surface area contributed by atoms with Crippen LogP contribution in [0.2, 0.25) is 0 Å². The zero-order valence-corrected chi connectivity index (χ0v) is 12.2. The van der Waals surface area contributed by atoms with E-state index in [1.54, 1.807) is 7.11 Å². The van der Waals surface area contributed by atoms with Crippen molar-refractivity contribution in [2.75, 3.05) is 20.3 Å². The third-order valence-corrected chi connectivity index (χ3v) is 3.28. The first-order valence-electron chi connectivity index (χ1n) is 6.97. The van der Waals surface area contributed by atoms with E-state index in [4.69, 9.17) is 20.3 Å². The summed E-state index contributed by atoms with van der Waals surface area (Å²) in [5.74, 6) is 1.54. The molecular formula is C17H21NO3. The van der Waals surface area contributed by atoms with Gasteiger partial charge in [-0.25, -0.2) is 0 Å². The Bertz CT molecular complexity index is 554. The van der Waals surface area contributed by atoms with Gasteiger partial charge in [0.2, 0.25) is 0 Å². The van der Waals surface area contributed by atoms with Crippen molar-refractivity contribution >= 4 is 0 Å². The van der Waals surface area contributed by atoms with E-state index in [0.717, 1.165) is 22.6 Å². The second-order valence-corrected chi connectivity index (χ2v) is 4.74. The summed E-state index contributed by atoms with van der Waals surface area (Å²) in [6, 6.07) is 15.4. The number of aliphatic hydroxyl groups is 1. The highest BCUT2D eigenvalue weighted by atomic mass is 16.5. The van der Waals surface area contributed by atoms with Crippen LogP contribution < -0.4 is 15.2 Å². The normalized spacial score (nSPS) is 12.0. The molecule has 0 spiro atoms. The van der Waals surface area contributed by atoms with Crippen LogP contribution >= 0.6 is 0 Å². The van der Waals surface area contributed by atoms with Crippen molar-refractivity contribution in [3.63, 3.8) is 0 Å².